The van der Waals surface area contributed by atoms with Crippen molar-refractivity contribution in [2.45, 2.75) is 53.6 Å². The minimum Gasteiger partial charge on any atom is -0.351 e. The topological polar surface area (TPSA) is 107 Å². The van der Waals surface area contributed by atoms with E-state index in [4.69, 9.17) is 56.4 Å². The van der Waals surface area contributed by atoms with Crippen LogP contribution in [0.3, 0.4) is 0 Å². The third-order valence-corrected chi connectivity index (χ3v) is 11.2. The molecule has 8 nitrogen and oxygen atoms in total. The number of imidazole rings is 2. The Hall–Kier alpha value is -3.12. The molecule has 6 aromatic rings. The molecule has 4 N–H and O–H groups in total. The quantitative estimate of drug-likeness (QED) is 0.117. The summed E-state index contributed by atoms with van der Waals surface area (Å²) < 4.78 is 0.917. The van der Waals surface area contributed by atoms with E-state index in [2.05, 4.69) is 121 Å². The molecule has 0 amide bonds. The zero-order chi connectivity index (χ0) is 34.4. The van der Waals surface area contributed by atoms with Gasteiger partial charge in [-0.3, -0.25) is 0 Å². The number of nitrogens with one attached hydrogen (secondary N) is 4. The highest BCUT2D eigenvalue weighted by molar-refractivity contribution is 7.20. The fourth-order valence-corrected chi connectivity index (χ4v) is 7.52. The number of rotatable bonds is 9. The van der Waals surface area contributed by atoms with Gasteiger partial charge in [-0.1, -0.05) is 159 Å². The van der Waals surface area contributed by atoms with Gasteiger partial charge >= 0.3 is 0 Å². The van der Waals surface area contributed by atoms with Crippen LogP contribution in [-0.2, 0) is 0 Å². The number of nitrogens with zero attached hydrogens (tertiary/aromatic N) is 4. The molecule has 0 radical (unpaired) electrons. The Balaban J connectivity index is 1.16. The second-order valence-corrected chi connectivity index (χ2v) is 17.5. The summed E-state index contributed by atoms with van der Waals surface area (Å²) in [6, 6.07) is 16.6. The summed E-state index contributed by atoms with van der Waals surface area (Å²) >= 11 is 27.1. The Morgan fingerprint density at radius 1 is 0.562 bits per heavy atom. The van der Waals surface area contributed by atoms with Gasteiger partial charge in [0.2, 0.25) is 0 Å². The largest absolute Gasteiger partial charge is 0.351 e. The first-order chi connectivity index (χ1) is 22.7. The fraction of sp³-hybridized carbons (Fsp3) is 0.294. The molecule has 2 atom stereocenters. The number of H-pyrrole nitrogens is 2. The van der Waals surface area contributed by atoms with Crippen molar-refractivity contribution in [1.29, 1.82) is 0 Å². The zero-order valence-electron chi connectivity index (χ0n) is 27.0. The van der Waals surface area contributed by atoms with Crippen LogP contribution in [0.4, 0.5) is 10.3 Å². The molecular formula is C34H34Cl4N8S2. The van der Waals surface area contributed by atoms with Gasteiger partial charge < -0.3 is 20.6 Å². The third kappa shape index (κ3) is 7.69. The molecule has 4 aromatic heterocycles. The maximum Gasteiger partial charge on any atom is 0.186 e. The summed E-state index contributed by atoms with van der Waals surface area (Å²) in [4.78, 5) is 25.1. The number of aromatic amines is 2. The number of hydrogen-bond acceptors (Lipinski definition) is 8. The van der Waals surface area contributed by atoms with E-state index in [9.17, 15) is 0 Å². The van der Waals surface area contributed by atoms with Crippen LogP contribution in [0.5, 0.6) is 0 Å². The van der Waals surface area contributed by atoms with E-state index in [0.29, 0.717) is 29.2 Å². The van der Waals surface area contributed by atoms with E-state index in [1.165, 1.54) is 22.7 Å². The second-order valence-electron chi connectivity index (χ2n) is 13.6. The van der Waals surface area contributed by atoms with Gasteiger partial charge in [-0.15, -0.1) is 0 Å². The minimum atomic E-state index is -0.163. The minimum absolute atomic E-state index is 0.139. The number of halogens is 4. The van der Waals surface area contributed by atoms with Gasteiger partial charge in [0.15, 0.2) is 20.6 Å². The summed E-state index contributed by atoms with van der Waals surface area (Å²) in [6.07, 6.45) is 3.72. The van der Waals surface area contributed by atoms with Gasteiger partial charge in [0.25, 0.3) is 0 Å². The van der Waals surface area contributed by atoms with Crippen LogP contribution in [0, 0.1) is 10.8 Å². The number of anilines is 2. The Bertz CT molecular complexity index is 1830. The van der Waals surface area contributed by atoms with E-state index >= 15 is 0 Å². The Morgan fingerprint density at radius 2 is 0.896 bits per heavy atom. The van der Waals surface area contributed by atoms with Gasteiger partial charge in [-0.25, -0.2) is 19.9 Å². The van der Waals surface area contributed by atoms with Crippen molar-refractivity contribution >= 4 is 79.3 Å². The van der Waals surface area contributed by atoms with Crippen molar-refractivity contribution in [2.24, 2.45) is 10.8 Å². The Kier molecular flexibility index (Phi) is 9.88. The lowest BCUT2D eigenvalue weighted by Gasteiger charge is -2.29. The molecular weight excluding hydrogens is 726 g/mol. The van der Waals surface area contributed by atoms with E-state index in [-0.39, 0.29) is 22.9 Å². The Morgan fingerprint density at radius 3 is 1.19 bits per heavy atom. The molecule has 48 heavy (non-hydrogen) atoms. The van der Waals surface area contributed by atoms with Crippen LogP contribution in [-0.4, -0.2) is 29.9 Å². The van der Waals surface area contributed by atoms with Gasteiger partial charge in [0.1, 0.15) is 20.3 Å². The van der Waals surface area contributed by atoms with Crippen molar-refractivity contribution in [1.82, 2.24) is 29.9 Å². The van der Waals surface area contributed by atoms with Crippen LogP contribution >= 0.6 is 69.1 Å². The summed E-state index contributed by atoms with van der Waals surface area (Å²) in [5.74, 6) is 1.62. The van der Waals surface area contributed by atoms with E-state index in [1.807, 2.05) is 12.4 Å². The molecule has 2 aromatic carbocycles. The van der Waals surface area contributed by atoms with Gasteiger partial charge in [0.05, 0.1) is 35.9 Å². The molecule has 0 aliphatic rings. The summed E-state index contributed by atoms with van der Waals surface area (Å²) in [6.45, 7) is 12.9. The lowest BCUT2D eigenvalue weighted by atomic mass is 9.86. The zero-order valence-corrected chi connectivity index (χ0v) is 31.7. The average molecular weight is 761 g/mol. The maximum absolute atomic E-state index is 6.15. The summed E-state index contributed by atoms with van der Waals surface area (Å²) in [5, 5.41) is 8.82. The molecule has 250 valence electrons. The standard InChI is InChI=1S/C34H34Cl4N8S2/c1-33(2,3)23(43-31-45-25(35)27(37)47-31)29-39-15-21(41-29)19-11-7-17(8-12-19)18-9-13-20(14-10-18)22-16-40-30(42-22)24(34(4,5)6)44-32-46-26(36)28(38)48-32/h7-16,23-24H,1-6H3,(H,39,41)(H,40,42)(H,43,45)(H,44,46). The van der Waals surface area contributed by atoms with Crippen molar-refractivity contribution in [3.63, 3.8) is 0 Å². The monoisotopic (exact) mass is 758 g/mol. The van der Waals surface area contributed by atoms with Crippen molar-refractivity contribution < 1.29 is 0 Å². The second kappa shape index (κ2) is 13.7. The first-order valence-corrected chi connectivity index (χ1v) is 18.3. The molecule has 4 heterocycles. The average Bonchev–Trinajstić information content (AvgIpc) is 3.83. The van der Waals surface area contributed by atoms with Crippen molar-refractivity contribution in [2.75, 3.05) is 10.6 Å². The molecule has 0 spiro atoms. The summed E-state index contributed by atoms with van der Waals surface area (Å²) in [5.41, 5.74) is 5.83. The summed E-state index contributed by atoms with van der Waals surface area (Å²) in [7, 11) is 0. The molecule has 0 fully saturated rings. The fourth-order valence-electron chi connectivity index (χ4n) is 5.27. The molecule has 14 heteroatoms. The molecule has 0 saturated carbocycles. The molecule has 6 rings (SSSR count). The lowest BCUT2D eigenvalue weighted by Crippen LogP contribution is -2.26. The lowest BCUT2D eigenvalue weighted by molar-refractivity contribution is 0.337. The van der Waals surface area contributed by atoms with Gasteiger partial charge in [-0.2, -0.15) is 0 Å². The van der Waals surface area contributed by atoms with Crippen LogP contribution < -0.4 is 10.6 Å². The molecule has 0 saturated heterocycles. The van der Waals surface area contributed by atoms with Crippen LogP contribution in [0.1, 0.15) is 65.3 Å². The first-order valence-electron chi connectivity index (χ1n) is 15.1. The van der Waals surface area contributed by atoms with E-state index in [1.54, 1.807) is 0 Å². The highest BCUT2D eigenvalue weighted by Gasteiger charge is 2.31. The smallest absolute Gasteiger partial charge is 0.186 e. The van der Waals surface area contributed by atoms with Crippen molar-refractivity contribution in [3.8, 4) is 33.6 Å². The predicted octanol–water partition coefficient (Wildman–Crippen LogP) is 12.1. The molecule has 0 aliphatic carbocycles. The Labute approximate surface area is 307 Å². The highest BCUT2D eigenvalue weighted by atomic mass is 35.5. The SMILES string of the molecule is CC(C)(C)C(Nc1nc(Cl)c(Cl)s1)c1ncc(-c2ccc(-c3ccc(-c4cnc(C(Nc5nc(Cl)c(Cl)s5)C(C)(C)C)[nH]4)cc3)cc2)[nH]1. The number of benzene rings is 2. The molecule has 0 aliphatic heterocycles. The maximum atomic E-state index is 6.15. The third-order valence-electron chi connectivity index (χ3n) is 7.83. The van der Waals surface area contributed by atoms with E-state index < -0.39 is 0 Å². The van der Waals surface area contributed by atoms with Crippen LogP contribution in [0.2, 0.25) is 19.0 Å². The van der Waals surface area contributed by atoms with E-state index in [0.717, 1.165) is 45.3 Å². The normalized spacial score (nSPS) is 13.5. The van der Waals surface area contributed by atoms with Gasteiger partial charge in [-0.05, 0) is 33.1 Å². The predicted molar refractivity (Wildman–Crippen MR) is 203 cm³/mol. The van der Waals surface area contributed by atoms with Crippen molar-refractivity contribution in [3.05, 3.63) is 91.6 Å². The van der Waals surface area contributed by atoms with Gasteiger partial charge in [0, 0.05) is 0 Å². The number of aromatic nitrogens is 6. The van der Waals surface area contributed by atoms with Crippen LogP contribution in [0.15, 0.2) is 60.9 Å². The highest BCUT2D eigenvalue weighted by Crippen LogP contribution is 2.41. The number of hydrogen-bond donors (Lipinski definition) is 4. The van der Waals surface area contributed by atoms with Crippen LogP contribution in [0.25, 0.3) is 33.6 Å². The molecule has 2 unspecified atom stereocenters. The first kappa shape index (κ1) is 34.7. The molecule has 0 bridgehead atoms. The number of thiazole rings is 2.